The van der Waals surface area contributed by atoms with Crippen LogP contribution in [0.25, 0.3) is 16.7 Å². The lowest BCUT2D eigenvalue weighted by atomic mass is 10.2. The quantitative estimate of drug-likeness (QED) is 0.721. The van der Waals surface area contributed by atoms with Crippen molar-refractivity contribution in [2.75, 3.05) is 14.2 Å². The monoisotopic (exact) mass is 255 g/mol. The third-order valence-electron chi connectivity index (χ3n) is 2.96. The molecular formula is C14H13N3O2. The third kappa shape index (κ3) is 1.89. The molecule has 5 heteroatoms. The van der Waals surface area contributed by atoms with Gasteiger partial charge in [-0.2, -0.15) is 0 Å². The van der Waals surface area contributed by atoms with Gasteiger partial charge >= 0.3 is 0 Å². The van der Waals surface area contributed by atoms with Gasteiger partial charge < -0.3 is 9.47 Å². The van der Waals surface area contributed by atoms with Crippen LogP contribution in [-0.2, 0) is 0 Å². The number of methoxy groups -OCH3 is 2. The van der Waals surface area contributed by atoms with E-state index in [0.29, 0.717) is 11.5 Å². The molecule has 0 bridgehead atoms. The average molecular weight is 255 g/mol. The second-order valence-corrected chi connectivity index (χ2v) is 4.03. The van der Waals surface area contributed by atoms with Crippen LogP contribution in [0, 0.1) is 0 Å². The standard InChI is InChI=1S/C14H13N3O2/c1-18-13-8-7-10(9-14(13)19-2)17-12-6-4-3-5-11(12)15-16-17/h3-9H,1-2H3. The number of benzene rings is 2. The molecule has 0 aliphatic heterocycles. The molecule has 5 nitrogen and oxygen atoms in total. The summed E-state index contributed by atoms with van der Waals surface area (Å²) in [6.07, 6.45) is 0. The Morgan fingerprint density at radius 3 is 2.53 bits per heavy atom. The smallest absolute Gasteiger partial charge is 0.162 e. The summed E-state index contributed by atoms with van der Waals surface area (Å²) in [5.41, 5.74) is 2.69. The van der Waals surface area contributed by atoms with Gasteiger partial charge in [-0.1, -0.05) is 17.3 Å². The molecule has 3 aromatic rings. The first-order valence-corrected chi connectivity index (χ1v) is 5.86. The van der Waals surface area contributed by atoms with Crippen LogP contribution in [0.1, 0.15) is 0 Å². The van der Waals surface area contributed by atoms with E-state index in [1.54, 1.807) is 18.9 Å². The molecule has 0 aliphatic rings. The average Bonchev–Trinajstić information content (AvgIpc) is 2.90. The summed E-state index contributed by atoms with van der Waals surface area (Å²) < 4.78 is 12.3. The molecule has 0 unspecified atom stereocenters. The Bertz CT molecular complexity index is 722. The lowest BCUT2D eigenvalue weighted by molar-refractivity contribution is 0.355. The Kier molecular flexibility index (Phi) is 2.79. The van der Waals surface area contributed by atoms with Gasteiger partial charge in [0.15, 0.2) is 11.5 Å². The molecule has 0 saturated heterocycles. The van der Waals surface area contributed by atoms with E-state index in [2.05, 4.69) is 10.3 Å². The first-order valence-electron chi connectivity index (χ1n) is 5.86. The molecule has 1 aromatic heterocycles. The highest BCUT2D eigenvalue weighted by Gasteiger charge is 2.09. The number of rotatable bonds is 3. The van der Waals surface area contributed by atoms with Gasteiger partial charge in [0.05, 0.1) is 25.4 Å². The van der Waals surface area contributed by atoms with Gasteiger partial charge in [0.2, 0.25) is 0 Å². The summed E-state index contributed by atoms with van der Waals surface area (Å²) in [7, 11) is 3.23. The van der Waals surface area contributed by atoms with Crippen LogP contribution in [0.4, 0.5) is 0 Å². The molecule has 96 valence electrons. The molecule has 0 amide bonds. The van der Waals surface area contributed by atoms with Crippen LogP contribution in [0.3, 0.4) is 0 Å². The van der Waals surface area contributed by atoms with Crippen molar-refractivity contribution in [3.05, 3.63) is 42.5 Å². The summed E-state index contributed by atoms with van der Waals surface area (Å²) >= 11 is 0. The van der Waals surface area contributed by atoms with Crippen molar-refractivity contribution < 1.29 is 9.47 Å². The van der Waals surface area contributed by atoms with Crippen LogP contribution in [-0.4, -0.2) is 29.2 Å². The van der Waals surface area contributed by atoms with E-state index in [-0.39, 0.29) is 0 Å². The highest BCUT2D eigenvalue weighted by atomic mass is 16.5. The minimum Gasteiger partial charge on any atom is -0.493 e. The normalized spacial score (nSPS) is 10.6. The van der Waals surface area contributed by atoms with E-state index >= 15 is 0 Å². The molecule has 0 saturated carbocycles. The second kappa shape index (κ2) is 4.61. The zero-order chi connectivity index (χ0) is 13.2. The molecule has 0 atom stereocenters. The number of nitrogens with zero attached hydrogens (tertiary/aromatic N) is 3. The largest absolute Gasteiger partial charge is 0.493 e. The fourth-order valence-electron chi connectivity index (χ4n) is 2.02. The second-order valence-electron chi connectivity index (χ2n) is 4.03. The van der Waals surface area contributed by atoms with Gasteiger partial charge in [-0.05, 0) is 24.3 Å². The van der Waals surface area contributed by atoms with Gasteiger partial charge in [0.1, 0.15) is 5.52 Å². The van der Waals surface area contributed by atoms with Crippen LogP contribution in [0.2, 0.25) is 0 Å². The molecule has 19 heavy (non-hydrogen) atoms. The highest BCUT2D eigenvalue weighted by Crippen LogP contribution is 2.29. The van der Waals surface area contributed by atoms with Crippen molar-refractivity contribution in [3.63, 3.8) is 0 Å². The van der Waals surface area contributed by atoms with Crippen molar-refractivity contribution in [1.29, 1.82) is 0 Å². The Balaban J connectivity index is 2.16. The number of para-hydroxylation sites is 1. The first kappa shape index (κ1) is 11.5. The predicted molar refractivity (Wildman–Crippen MR) is 72.0 cm³/mol. The van der Waals surface area contributed by atoms with Gasteiger partial charge in [0.25, 0.3) is 0 Å². The van der Waals surface area contributed by atoms with Crippen molar-refractivity contribution in [3.8, 4) is 17.2 Å². The summed E-state index contributed by atoms with van der Waals surface area (Å²) in [6, 6.07) is 13.5. The molecule has 0 radical (unpaired) electrons. The number of hydrogen-bond acceptors (Lipinski definition) is 4. The Hall–Kier alpha value is -2.56. The Morgan fingerprint density at radius 1 is 0.947 bits per heavy atom. The Morgan fingerprint density at radius 2 is 1.74 bits per heavy atom. The van der Waals surface area contributed by atoms with Crippen LogP contribution in [0.5, 0.6) is 11.5 Å². The SMILES string of the molecule is COc1ccc(-n2nnc3ccccc32)cc1OC. The third-order valence-corrected chi connectivity index (χ3v) is 2.96. The zero-order valence-electron chi connectivity index (χ0n) is 10.7. The summed E-state index contributed by atoms with van der Waals surface area (Å²) in [5, 5.41) is 8.30. The maximum absolute atomic E-state index is 5.30. The van der Waals surface area contributed by atoms with E-state index in [4.69, 9.17) is 9.47 Å². The van der Waals surface area contributed by atoms with Gasteiger partial charge in [-0.15, -0.1) is 5.10 Å². The molecule has 0 aliphatic carbocycles. The van der Waals surface area contributed by atoms with Crippen molar-refractivity contribution in [2.45, 2.75) is 0 Å². The fourth-order valence-corrected chi connectivity index (χ4v) is 2.02. The maximum Gasteiger partial charge on any atom is 0.162 e. The van der Waals surface area contributed by atoms with E-state index in [0.717, 1.165) is 16.7 Å². The van der Waals surface area contributed by atoms with E-state index < -0.39 is 0 Å². The molecular weight excluding hydrogens is 242 g/mol. The summed E-state index contributed by atoms with van der Waals surface area (Å²) in [4.78, 5) is 0. The summed E-state index contributed by atoms with van der Waals surface area (Å²) in [5.74, 6) is 1.36. The van der Waals surface area contributed by atoms with E-state index in [1.807, 2.05) is 42.5 Å². The topological polar surface area (TPSA) is 49.2 Å². The van der Waals surface area contributed by atoms with E-state index in [9.17, 15) is 0 Å². The van der Waals surface area contributed by atoms with Gasteiger partial charge in [-0.25, -0.2) is 4.68 Å². The van der Waals surface area contributed by atoms with Crippen molar-refractivity contribution in [1.82, 2.24) is 15.0 Å². The fraction of sp³-hybridized carbons (Fsp3) is 0.143. The number of ether oxygens (including phenoxy) is 2. The minimum atomic E-state index is 0.666. The lowest BCUT2D eigenvalue weighted by Crippen LogP contribution is -1.98. The van der Waals surface area contributed by atoms with Gasteiger partial charge in [-0.3, -0.25) is 0 Å². The van der Waals surface area contributed by atoms with E-state index in [1.165, 1.54) is 0 Å². The van der Waals surface area contributed by atoms with Crippen LogP contribution in [0.15, 0.2) is 42.5 Å². The highest BCUT2D eigenvalue weighted by molar-refractivity contribution is 5.76. The minimum absolute atomic E-state index is 0.666. The van der Waals surface area contributed by atoms with Crippen LogP contribution < -0.4 is 9.47 Å². The van der Waals surface area contributed by atoms with Crippen molar-refractivity contribution in [2.24, 2.45) is 0 Å². The number of aromatic nitrogens is 3. The zero-order valence-corrected chi connectivity index (χ0v) is 10.7. The first-order chi connectivity index (χ1) is 9.33. The number of fused-ring (bicyclic) bond motifs is 1. The lowest BCUT2D eigenvalue weighted by Gasteiger charge is -2.09. The summed E-state index contributed by atoms with van der Waals surface area (Å²) in [6.45, 7) is 0. The molecule has 0 N–H and O–H groups in total. The maximum atomic E-state index is 5.30. The Labute approximate surface area is 110 Å². The molecule has 3 rings (SSSR count). The molecule has 2 aromatic carbocycles. The van der Waals surface area contributed by atoms with Gasteiger partial charge in [0, 0.05) is 6.07 Å². The molecule has 0 fully saturated rings. The predicted octanol–water partition coefficient (Wildman–Crippen LogP) is 2.44. The molecule has 1 heterocycles. The number of hydrogen-bond donors (Lipinski definition) is 0. The van der Waals surface area contributed by atoms with Crippen LogP contribution >= 0.6 is 0 Å². The van der Waals surface area contributed by atoms with Crippen molar-refractivity contribution >= 4 is 11.0 Å². The molecule has 0 spiro atoms.